The predicted octanol–water partition coefficient (Wildman–Crippen LogP) is 12.5. The zero-order valence-electron chi connectivity index (χ0n) is 37.5. The van der Waals surface area contributed by atoms with Crippen LogP contribution in [-0.2, 0) is 28.7 Å². The van der Waals surface area contributed by atoms with Crippen LogP contribution in [0.4, 0.5) is 0 Å². The van der Waals surface area contributed by atoms with Crippen LogP contribution < -0.4 is 0 Å². The Hall–Kier alpha value is -1.22. The summed E-state index contributed by atoms with van der Waals surface area (Å²) in [5, 5.41) is 4.29. The lowest BCUT2D eigenvalue weighted by Crippen LogP contribution is -2.62. The number of hydrogen-bond acceptors (Lipinski definition) is 8. The Kier molecular flexibility index (Phi) is 22.2. The number of rotatable bonds is 28. The van der Waals surface area contributed by atoms with Crippen LogP contribution in [0, 0.1) is 5.92 Å². The fraction of sp³-hybridized carbons (Fsp3) is 0.957. The van der Waals surface area contributed by atoms with Crippen molar-refractivity contribution in [1.29, 1.82) is 0 Å². The van der Waals surface area contributed by atoms with Crippen LogP contribution in [0.25, 0.3) is 0 Å². The van der Waals surface area contributed by atoms with Gasteiger partial charge in [0.25, 0.3) is 0 Å². The maximum absolute atomic E-state index is 14.1. The SMILES string of the molecule is CCCCCCCCCC(C(=O)OC1CC(C)(C)N(OCCCCCCCC)C(C)(C)C1)C(=O)OC1CC(C)(C)N(OCCCCCCCC)C(C)(C)C1. The summed E-state index contributed by atoms with van der Waals surface area (Å²) < 4.78 is 12.6. The van der Waals surface area contributed by atoms with Crippen LogP contribution in [0.5, 0.6) is 0 Å². The number of esters is 2. The molecule has 2 aliphatic rings. The summed E-state index contributed by atoms with van der Waals surface area (Å²) in [4.78, 5) is 41.0. The van der Waals surface area contributed by atoms with Gasteiger partial charge in [-0.1, -0.05) is 130 Å². The van der Waals surface area contributed by atoms with Crippen molar-refractivity contribution >= 4 is 11.9 Å². The number of nitrogens with zero attached hydrogens (tertiary/aromatic N) is 2. The maximum Gasteiger partial charge on any atom is 0.320 e. The first-order valence-corrected chi connectivity index (χ1v) is 22.8. The highest BCUT2D eigenvalue weighted by atomic mass is 16.7. The van der Waals surface area contributed by atoms with E-state index in [1.807, 2.05) is 0 Å². The summed E-state index contributed by atoms with van der Waals surface area (Å²) in [6.07, 6.45) is 25.0. The van der Waals surface area contributed by atoms with Gasteiger partial charge >= 0.3 is 11.9 Å². The number of hydrogen-bond donors (Lipinski definition) is 0. The van der Waals surface area contributed by atoms with Crippen molar-refractivity contribution in [2.24, 2.45) is 5.92 Å². The summed E-state index contributed by atoms with van der Waals surface area (Å²) in [6.45, 7) is 25.5. The fourth-order valence-corrected chi connectivity index (χ4v) is 9.42. The molecule has 2 heterocycles. The molecule has 0 aromatic heterocycles. The minimum Gasteiger partial charge on any atom is -0.462 e. The molecule has 8 heteroatoms. The number of piperidine rings is 2. The number of ether oxygens (including phenoxy) is 2. The number of hydroxylamine groups is 4. The van der Waals surface area contributed by atoms with Crippen LogP contribution in [0.2, 0.25) is 0 Å². The van der Waals surface area contributed by atoms with E-state index in [0.717, 1.165) is 32.1 Å². The molecule has 0 bridgehead atoms. The fourth-order valence-electron chi connectivity index (χ4n) is 9.42. The molecular weight excluding hydrogens is 677 g/mol. The molecule has 2 fully saturated rings. The van der Waals surface area contributed by atoms with Crippen LogP contribution in [0.1, 0.15) is 230 Å². The van der Waals surface area contributed by atoms with Gasteiger partial charge in [0, 0.05) is 47.8 Å². The zero-order valence-corrected chi connectivity index (χ0v) is 37.5. The van der Waals surface area contributed by atoms with Gasteiger partial charge < -0.3 is 9.47 Å². The first-order valence-electron chi connectivity index (χ1n) is 22.8. The molecule has 0 aliphatic carbocycles. The van der Waals surface area contributed by atoms with Crippen LogP contribution >= 0.6 is 0 Å². The topological polar surface area (TPSA) is 77.5 Å². The van der Waals surface area contributed by atoms with Gasteiger partial charge in [-0.05, 0) is 74.7 Å². The van der Waals surface area contributed by atoms with E-state index in [0.29, 0.717) is 45.3 Å². The molecule has 2 saturated heterocycles. The summed E-state index contributed by atoms with van der Waals surface area (Å²) >= 11 is 0. The summed E-state index contributed by atoms with van der Waals surface area (Å²) in [5.74, 6) is -1.77. The third kappa shape index (κ3) is 17.1. The Balaban J connectivity index is 2.06. The van der Waals surface area contributed by atoms with E-state index < -0.39 is 17.9 Å². The molecule has 0 unspecified atom stereocenters. The van der Waals surface area contributed by atoms with Crippen molar-refractivity contribution in [3.8, 4) is 0 Å². The Bertz CT molecular complexity index is 934. The minimum atomic E-state index is -0.915. The molecule has 54 heavy (non-hydrogen) atoms. The Morgan fingerprint density at radius 2 is 0.741 bits per heavy atom. The lowest BCUT2D eigenvalue weighted by Gasteiger charge is -2.53. The molecule has 318 valence electrons. The van der Waals surface area contributed by atoms with Crippen LogP contribution in [0.15, 0.2) is 0 Å². The van der Waals surface area contributed by atoms with Crippen LogP contribution in [0.3, 0.4) is 0 Å². The number of carbonyl (C=O) groups is 2. The number of carbonyl (C=O) groups excluding carboxylic acids is 2. The van der Waals surface area contributed by atoms with Gasteiger partial charge in [-0.15, -0.1) is 0 Å². The minimum absolute atomic E-state index is 0.300. The van der Waals surface area contributed by atoms with Crippen molar-refractivity contribution in [3.05, 3.63) is 0 Å². The predicted molar refractivity (Wildman–Crippen MR) is 223 cm³/mol. The summed E-state index contributed by atoms with van der Waals surface area (Å²) in [5.41, 5.74) is -1.31. The third-order valence-electron chi connectivity index (χ3n) is 11.8. The largest absolute Gasteiger partial charge is 0.462 e. The van der Waals surface area contributed by atoms with Gasteiger partial charge in [0.05, 0.1) is 13.2 Å². The molecule has 0 aromatic carbocycles. The Labute approximate surface area is 333 Å². The maximum atomic E-state index is 14.1. The number of unbranched alkanes of at least 4 members (excludes halogenated alkanes) is 16. The van der Waals surface area contributed by atoms with Gasteiger partial charge in [-0.3, -0.25) is 19.3 Å². The second-order valence-corrected chi connectivity index (χ2v) is 19.4. The second kappa shape index (κ2) is 24.5. The Morgan fingerprint density at radius 3 is 1.06 bits per heavy atom. The van der Waals surface area contributed by atoms with Crippen LogP contribution in [-0.4, -0.2) is 69.6 Å². The highest BCUT2D eigenvalue weighted by Crippen LogP contribution is 2.42. The molecule has 2 aliphatic heterocycles. The van der Waals surface area contributed by atoms with E-state index in [-0.39, 0.29) is 34.4 Å². The highest BCUT2D eigenvalue weighted by molar-refractivity contribution is 5.95. The normalized spacial score (nSPS) is 20.4. The van der Waals surface area contributed by atoms with E-state index in [9.17, 15) is 9.59 Å². The van der Waals surface area contributed by atoms with Crippen molar-refractivity contribution in [2.45, 2.75) is 265 Å². The molecule has 0 N–H and O–H groups in total. The van der Waals surface area contributed by atoms with E-state index >= 15 is 0 Å². The van der Waals surface area contributed by atoms with E-state index in [1.54, 1.807) is 0 Å². The first kappa shape index (κ1) is 48.9. The average Bonchev–Trinajstić information content (AvgIpc) is 3.06. The summed E-state index contributed by atoms with van der Waals surface area (Å²) in [7, 11) is 0. The average molecular weight is 765 g/mol. The summed E-state index contributed by atoms with van der Waals surface area (Å²) in [6, 6.07) is 0. The van der Waals surface area contributed by atoms with Crippen molar-refractivity contribution in [2.75, 3.05) is 13.2 Å². The molecular formula is C46H88N2O6. The zero-order chi connectivity index (χ0) is 40.3. The first-order chi connectivity index (χ1) is 25.5. The quantitative estimate of drug-likeness (QED) is 0.0443. The van der Waals surface area contributed by atoms with Gasteiger partial charge in [0.15, 0.2) is 5.92 Å². The van der Waals surface area contributed by atoms with E-state index in [2.05, 4.69) is 86.3 Å². The molecule has 2 rings (SSSR count). The van der Waals surface area contributed by atoms with Crippen molar-refractivity contribution < 1.29 is 28.7 Å². The van der Waals surface area contributed by atoms with Gasteiger partial charge in [-0.25, -0.2) is 0 Å². The Morgan fingerprint density at radius 1 is 0.463 bits per heavy atom. The molecule has 0 amide bonds. The standard InChI is InChI=1S/C46H88N2O6/c1-12-15-18-21-24-25-28-31-40(41(49)53-38-34-43(4,5)47(44(6,7)35-38)51-32-29-26-22-19-16-13-2)42(50)54-39-36-45(8,9)48(46(10,11)37-39)52-33-30-27-23-20-17-14-3/h38-40H,12-37H2,1-11H3. The second-order valence-electron chi connectivity index (χ2n) is 19.4. The molecule has 0 saturated carbocycles. The van der Waals surface area contributed by atoms with Gasteiger partial charge in [0.2, 0.25) is 0 Å². The van der Waals surface area contributed by atoms with E-state index in [4.69, 9.17) is 19.1 Å². The monoisotopic (exact) mass is 765 g/mol. The molecule has 8 nitrogen and oxygen atoms in total. The molecule has 0 aromatic rings. The molecule has 0 spiro atoms. The smallest absolute Gasteiger partial charge is 0.320 e. The van der Waals surface area contributed by atoms with Crippen molar-refractivity contribution in [1.82, 2.24) is 10.1 Å². The highest BCUT2D eigenvalue weighted by Gasteiger charge is 2.50. The van der Waals surface area contributed by atoms with Gasteiger partial charge in [0.1, 0.15) is 12.2 Å². The van der Waals surface area contributed by atoms with Crippen molar-refractivity contribution in [3.63, 3.8) is 0 Å². The third-order valence-corrected chi connectivity index (χ3v) is 11.8. The van der Waals surface area contributed by atoms with Gasteiger partial charge in [-0.2, -0.15) is 10.1 Å². The molecule has 0 radical (unpaired) electrons. The van der Waals surface area contributed by atoms with E-state index in [1.165, 1.54) is 89.9 Å². The molecule has 0 atom stereocenters. The lowest BCUT2D eigenvalue weighted by molar-refractivity contribution is -0.294. The lowest BCUT2D eigenvalue weighted by atomic mass is 9.80.